The van der Waals surface area contributed by atoms with Crippen LogP contribution in [0.25, 0.3) is 0 Å². The van der Waals surface area contributed by atoms with Crippen LogP contribution in [-0.4, -0.2) is 32.5 Å². The van der Waals surface area contributed by atoms with Crippen LogP contribution < -0.4 is 20.1 Å². The van der Waals surface area contributed by atoms with Gasteiger partial charge in [-0.3, -0.25) is 9.59 Å². The second-order valence-corrected chi connectivity index (χ2v) is 6.53. The van der Waals surface area contributed by atoms with Crippen molar-refractivity contribution in [2.45, 2.75) is 25.8 Å². The molecular weight excluding hydrogens is 363 g/mol. The van der Waals surface area contributed by atoms with Crippen molar-refractivity contribution in [3.63, 3.8) is 0 Å². The van der Waals surface area contributed by atoms with E-state index in [2.05, 4.69) is 10.6 Å². The van der Waals surface area contributed by atoms with Gasteiger partial charge in [0.1, 0.15) is 5.82 Å². The van der Waals surface area contributed by atoms with Crippen LogP contribution in [0.4, 0.5) is 10.1 Å². The Labute approximate surface area is 163 Å². The molecule has 3 rings (SSSR count). The zero-order valence-electron chi connectivity index (χ0n) is 15.9. The molecule has 0 radical (unpaired) electrons. The molecule has 0 unspecified atom stereocenters. The average Bonchev–Trinajstić information content (AvgIpc) is 2.73. The van der Waals surface area contributed by atoms with Crippen LogP contribution >= 0.6 is 0 Å². The summed E-state index contributed by atoms with van der Waals surface area (Å²) in [5.74, 6) is -0.0217. The molecule has 0 bridgehead atoms. The smallest absolute Gasteiger partial charge is 0.224 e. The Bertz CT molecular complexity index is 898. The number of ether oxygens (including phenoxy) is 2. The molecule has 28 heavy (non-hydrogen) atoms. The highest BCUT2D eigenvalue weighted by molar-refractivity contribution is 6.00. The van der Waals surface area contributed by atoms with Crippen molar-refractivity contribution < 1.29 is 23.5 Å². The maximum atomic E-state index is 14.6. The lowest BCUT2D eigenvalue weighted by atomic mass is 9.99. The molecular formula is C21H23FN2O4. The molecule has 148 valence electrons. The molecule has 0 saturated heterocycles. The normalized spacial score (nSPS) is 12.8. The summed E-state index contributed by atoms with van der Waals surface area (Å²) in [4.78, 5) is 24.6. The van der Waals surface area contributed by atoms with Crippen molar-refractivity contribution in [1.82, 2.24) is 5.32 Å². The fourth-order valence-corrected chi connectivity index (χ4v) is 3.22. The van der Waals surface area contributed by atoms with E-state index in [0.717, 1.165) is 5.56 Å². The fraction of sp³-hybridized carbons (Fsp3) is 0.333. The number of anilines is 1. The van der Waals surface area contributed by atoms with Crippen LogP contribution in [-0.2, 0) is 17.8 Å². The number of fused-ring (bicyclic) bond motifs is 1. The number of methoxy groups -OCH3 is 2. The van der Waals surface area contributed by atoms with Crippen LogP contribution in [0, 0.1) is 5.82 Å². The first-order chi connectivity index (χ1) is 13.5. The molecule has 1 heterocycles. The van der Waals surface area contributed by atoms with Gasteiger partial charge in [-0.2, -0.15) is 0 Å². The van der Waals surface area contributed by atoms with Crippen LogP contribution in [0.2, 0.25) is 0 Å². The minimum absolute atomic E-state index is 0.0117. The number of rotatable bonds is 7. The van der Waals surface area contributed by atoms with Gasteiger partial charge < -0.3 is 20.1 Å². The summed E-state index contributed by atoms with van der Waals surface area (Å²) in [6, 6.07) is 8.22. The molecule has 1 aliphatic rings. The summed E-state index contributed by atoms with van der Waals surface area (Å²) in [6.45, 7) is 1.33. The van der Waals surface area contributed by atoms with E-state index in [4.69, 9.17) is 9.47 Å². The number of benzene rings is 2. The lowest BCUT2D eigenvalue weighted by Gasteiger charge is -2.19. The summed E-state index contributed by atoms with van der Waals surface area (Å²) >= 11 is 0. The number of carbonyl (C=O) groups excluding carboxylic acids is 2. The van der Waals surface area contributed by atoms with E-state index >= 15 is 0 Å². The number of ketones is 1. The number of Topliss-reactive ketones (excluding diaryl/α,β-unsaturated/α-hetero) is 1. The third-order valence-corrected chi connectivity index (χ3v) is 4.77. The second-order valence-electron chi connectivity index (χ2n) is 6.53. The first kappa shape index (κ1) is 19.8. The number of hydrogen-bond donors (Lipinski definition) is 2. The Hall–Kier alpha value is -2.93. The molecule has 7 heteroatoms. The first-order valence-electron chi connectivity index (χ1n) is 9.09. The van der Waals surface area contributed by atoms with Crippen molar-refractivity contribution >= 4 is 17.4 Å². The maximum Gasteiger partial charge on any atom is 0.224 e. The van der Waals surface area contributed by atoms with Gasteiger partial charge in [0, 0.05) is 24.9 Å². The van der Waals surface area contributed by atoms with Gasteiger partial charge >= 0.3 is 0 Å². The Morgan fingerprint density at radius 2 is 1.89 bits per heavy atom. The van der Waals surface area contributed by atoms with Crippen LogP contribution in [0.15, 0.2) is 30.3 Å². The van der Waals surface area contributed by atoms with Crippen molar-refractivity contribution in [2.75, 3.05) is 26.1 Å². The predicted octanol–water partition coefficient (Wildman–Crippen LogP) is 3.09. The minimum Gasteiger partial charge on any atom is -0.493 e. The van der Waals surface area contributed by atoms with Gasteiger partial charge in [0.15, 0.2) is 17.3 Å². The molecule has 2 aromatic carbocycles. The van der Waals surface area contributed by atoms with E-state index in [1.54, 1.807) is 24.3 Å². The summed E-state index contributed by atoms with van der Waals surface area (Å²) in [5, 5.41) is 5.76. The molecule has 0 atom stereocenters. The van der Waals surface area contributed by atoms with Gasteiger partial charge in [-0.1, -0.05) is 6.07 Å². The van der Waals surface area contributed by atoms with Crippen LogP contribution in [0.1, 0.15) is 34.3 Å². The van der Waals surface area contributed by atoms with E-state index in [9.17, 15) is 14.0 Å². The topological polar surface area (TPSA) is 76.7 Å². The Kier molecular flexibility index (Phi) is 6.26. The Morgan fingerprint density at radius 1 is 1.11 bits per heavy atom. The van der Waals surface area contributed by atoms with E-state index in [1.165, 1.54) is 14.2 Å². The number of hydrogen-bond acceptors (Lipinski definition) is 5. The zero-order valence-corrected chi connectivity index (χ0v) is 15.9. The highest BCUT2D eigenvalue weighted by Gasteiger charge is 2.18. The monoisotopic (exact) mass is 386 g/mol. The predicted molar refractivity (Wildman–Crippen MR) is 104 cm³/mol. The molecule has 6 nitrogen and oxygen atoms in total. The van der Waals surface area contributed by atoms with Crippen molar-refractivity contribution in [3.05, 3.63) is 52.8 Å². The van der Waals surface area contributed by atoms with Gasteiger partial charge in [0.05, 0.1) is 19.9 Å². The molecule has 2 N–H and O–H groups in total. The summed E-state index contributed by atoms with van der Waals surface area (Å²) < 4.78 is 24.9. The molecule has 1 aliphatic heterocycles. The summed E-state index contributed by atoms with van der Waals surface area (Å²) in [6.07, 6.45) is 0.561. The molecule has 1 amide bonds. The lowest BCUT2D eigenvalue weighted by Crippen LogP contribution is -2.25. The average molecular weight is 386 g/mol. The SMILES string of the molecule is COc1ccc(C(=O)CCC(=O)Nc2ccc3c(c2F)CCNC3)cc1OC. The second kappa shape index (κ2) is 8.84. The van der Waals surface area contributed by atoms with Crippen molar-refractivity contribution in [3.8, 4) is 11.5 Å². The lowest BCUT2D eigenvalue weighted by molar-refractivity contribution is -0.116. The Morgan fingerprint density at radius 3 is 2.64 bits per heavy atom. The number of amides is 1. The number of nitrogens with one attached hydrogen (secondary N) is 2. The largest absolute Gasteiger partial charge is 0.493 e. The van der Waals surface area contributed by atoms with E-state index in [1.807, 2.05) is 6.07 Å². The van der Waals surface area contributed by atoms with E-state index in [0.29, 0.717) is 42.1 Å². The summed E-state index contributed by atoms with van der Waals surface area (Å²) in [7, 11) is 3.00. The highest BCUT2D eigenvalue weighted by Crippen LogP contribution is 2.28. The third kappa shape index (κ3) is 4.31. The molecule has 0 aliphatic carbocycles. The highest BCUT2D eigenvalue weighted by atomic mass is 19.1. The van der Waals surface area contributed by atoms with Gasteiger partial charge in [0.2, 0.25) is 5.91 Å². The number of halogens is 1. The number of carbonyl (C=O) groups is 2. The standard InChI is InChI=1S/C21H23FN2O4/c1-27-18-7-4-13(11-19(18)28-2)17(25)6-8-20(26)24-16-5-3-14-12-23-10-9-15(14)21(16)22/h3-5,7,11,23H,6,8-10,12H2,1-2H3,(H,24,26). The fourth-order valence-electron chi connectivity index (χ4n) is 3.22. The quantitative estimate of drug-likeness (QED) is 0.715. The summed E-state index contributed by atoms with van der Waals surface area (Å²) in [5.41, 5.74) is 2.13. The third-order valence-electron chi connectivity index (χ3n) is 4.77. The molecule has 0 saturated carbocycles. The van der Waals surface area contributed by atoms with Crippen molar-refractivity contribution in [1.29, 1.82) is 0 Å². The molecule has 2 aromatic rings. The van der Waals surface area contributed by atoms with Gasteiger partial charge in [-0.05, 0) is 48.4 Å². The van der Waals surface area contributed by atoms with E-state index in [-0.39, 0.29) is 24.3 Å². The molecule has 0 fully saturated rings. The van der Waals surface area contributed by atoms with Crippen LogP contribution in [0.3, 0.4) is 0 Å². The van der Waals surface area contributed by atoms with Crippen molar-refractivity contribution in [2.24, 2.45) is 0 Å². The molecule has 0 spiro atoms. The van der Waals surface area contributed by atoms with Gasteiger partial charge in [-0.25, -0.2) is 4.39 Å². The van der Waals surface area contributed by atoms with E-state index < -0.39 is 11.7 Å². The minimum atomic E-state index is -0.401. The van der Waals surface area contributed by atoms with Crippen LogP contribution in [0.5, 0.6) is 11.5 Å². The zero-order chi connectivity index (χ0) is 20.1. The maximum absolute atomic E-state index is 14.6. The first-order valence-corrected chi connectivity index (χ1v) is 9.09. The van der Waals surface area contributed by atoms with Gasteiger partial charge in [-0.15, -0.1) is 0 Å². The Balaban J connectivity index is 1.61. The molecule has 0 aromatic heterocycles. The van der Waals surface area contributed by atoms with Gasteiger partial charge in [0.25, 0.3) is 0 Å².